The second-order valence-corrected chi connectivity index (χ2v) is 6.11. The number of benzene rings is 2. The van der Waals surface area contributed by atoms with Crippen LogP contribution in [-0.2, 0) is 0 Å². The summed E-state index contributed by atoms with van der Waals surface area (Å²) in [6.45, 7) is 1.90. The SMILES string of the molecule is Cc1cc(I)ccc1NC(=O)c1c(F)cccc1Br. The molecule has 2 nitrogen and oxygen atoms in total. The second kappa shape index (κ2) is 6.00. The molecule has 2 aromatic carbocycles. The lowest BCUT2D eigenvalue weighted by atomic mass is 10.1. The summed E-state index contributed by atoms with van der Waals surface area (Å²) < 4.78 is 15.2. The molecule has 0 saturated heterocycles. The van der Waals surface area contributed by atoms with Gasteiger partial charge in [-0.15, -0.1) is 0 Å². The molecule has 0 aromatic heterocycles. The predicted molar refractivity (Wildman–Crippen MR) is 85.9 cm³/mol. The van der Waals surface area contributed by atoms with E-state index in [9.17, 15) is 9.18 Å². The molecule has 0 aliphatic heterocycles. The highest BCUT2D eigenvalue weighted by Gasteiger charge is 2.16. The van der Waals surface area contributed by atoms with Crippen molar-refractivity contribution < 1.29 is 9.18 Å². The Balaban J connectivity index is 2.31. The van der Waals surface area contributed by atoms with Crippen LogP contribution in [0, 0.1) is 16.3 Å². The van der Waals surface area contributed by atoms with Gasteiger partial charge >= 0.3 is 0 Å². The number of carbonyl (C=O) groups is 1. The summed E-state index contributed by atoms with van der Waals surface area (Å²) in [5, 5.41) is 2.72. The quantitative estimate of drug-likeness (QED) is 0.680. The second-order valence-electron chi connectivity index (χ2n) is 4.01. The highest BCUT2D eigenvalue weighted by molar-refractivity contribution is 14.1. The van der Waals surface area contributed by atoms with Crippen LogP contribution < -0.4 is 5.32 Å². The van der Waals surface area contributed by atoms with Crippen LogP contribution in [0.4, 0.5) is 10.1 Å². The maximum absolute atomic E-state index is 13.7. The Bertz CT molecular complexity index is 625. The fourth-order valence-corrected chi connectivity index (χ4v) is 2.84. The fraction of sp³-hybridized carbons (Fsp3) is 0.0714. The highest BCUT2D eigenvalue weighted by Crippen LogP contribution is 2.23. The van der Waals surface area contributed by atoms with E-state index < -0.39 is 11.7 Å². The maximum Gasteiger partial charge on any atom is 0.259 e. The minimum atomic E-state index is -0.546. The number of nitrogens with one attached hydrogen (secondary N) is 1. The Morgan fingerprint density at radius 1 is 1.32 bits per heavy atom. The number of rotatable bonds is 2. The zero-order valence-corrected chi connectivity index (χ0v) is 13.7. The van der Waals surface area contributed by atoms with Crippen LogP contribution in [0.25, 0.3) is 0 Å². The van der Waals surface area contributed by atoms with Gasteiger partial charge in [-0.05, 0) is 81.3 Å². The van der Waals surface area contributed by atoms with Gasteiger partial charge in [0, 0.05) is 13.7 Å². The summed E-state index contributed by atoms with van der Waals surface area (Å²) in [7, 11) is 0. The van der Waals surface area contributed by atoms with Crippen molar-refractivity contribution in [1.82, 2.24) is 0 Å². The van der Waals surface area contributed by atoms with E-state index >= 15 is 0 Å². The summed E-state index contributed by atoms with van der Waals surface area (Å²) >= 11 is 5.39. The summed E-state index contributed by atoms with van der Waals surface area (Å²) in [6.07, 6.45) is 0. The van der Waals surface area contributed by atoms with Gasteiger partial charge in [-0.2, -0.15) is 0 Å². The molecule has 98 valence electrons. The number of anilines is 1. The van der Waals surface area contributed by atoms with Crippen LogP contribution in [-0.4, -0.2) is 5.91 Å². The lowest BCUT2D eigenvalue weighted by Gasteiger charge is -2.10. The first-order valence-electron chi connectivity index (χ1n) is 5.50. The van der Waals surface area contributed by atoms with E-state index in [4.69, 9.17) is 0 Å². The predicted octanol–water partition coefficient (Wildman–Crippen LogP) is 4.75. The topological polar surface area (TPSA) is 29.1 Å². The standard InChI is InChI=1S/C14H10BrFINO/c1-8-7-9(17)5-6-12(8)18-14(19)13-10(15)3-2-4-11(13)16/h2-7H,1H3,(H,18,19). The molecule has 2 rings (SSSR count). The monoisotopic (exact) mass is 433 g/mol. The molecule has 19 heavy (non-hydrogen) atoms. The van der Waals surface area contributed by atoms with Gasteiger partial charge in [0.05, 0.1) is 5.56 Å². The van der Waals surface area contributed by atoms with Gasteiger partial charge in [0.2, 0.25) is 0 Å². The zero-order chi connectivity index (χ0) is 14.0. The van der Waals surface area contributed by atoms with Gasteiger partial charge < -0.3 is 5.32 Å². The minimum absolute atomic E-state index is 0.0143. The van der Waals surface area contributed by atoms with Gasteiger partial charge in [0.15, 0.2) is 0 Å². The van der Waals surface area contributed by atoms with Crippen molar-refractivity contribution in [3.63, 3.8) is 0 Å². The molecule has 0 unspecified atom stereocenters. The van der Waals surface area contributed by atoms with E-state index in [-0.39, 0.29) is 5.56 Å². The van der Waals surface area contributed by atoms with E-state index in [1.807, 2.05) is 25.1 Å². The molecule has 0 atom stereocenters. The van der Waals surface area contributed by atoms with Crippen LogP contribution in [0.2, 0.25) is 0 Å². The summed E-state index contributed by atoms with van der Waals surface area (Å²) in [5.41, 5.74) is 1.63. The highest BCUT2D eigenvalue weighted by atomic mass is 127. The van der Waals surface area contributed by atoms with Crippen LogP contribution in [0.15, 0.2) is 40.9 Å². The average Bonchev–Trinajstić information content (AvgIpc) is 2.32. The smallest absolute Gasteiger partial charge is 0.259 e. The lowest BCUT2D eigenvalue weighted by Crippen LogP contribution is -2.15. The Morgan fingerprint density at radius 2 is 2.05 bits per heavy atom. The van der Waals surface area contributed by atoms with E-state index in [1.54, 1.807) is 12.1 Å². The van der Waals surface area contributed by atoms with Crippen molar-refractivity contribution in [3.05, 3.63) is 61.4 Å². The maximum atomic E-state index is 13.7. The van der Waals surface area contributed by atoms with Crippen molar-refractivity contribution in [2.75, 3.05) is 5.32 Å². The molecule has 5 heteroatoms. The number of hydrogen-bond donors (Lipinski definition) is 1. The molecule has 2 aromatic rings. The van der Waals surface area contributed by atoms with E-state index in [0.717, 1.165) is 9.13 Å². The average molecular weight is 434 g/mol. The fourth-order valence-electron chi connectivity index (χ4n) is 1.67. The van der Waals surface area contributed by atoms with Crippen molar-refractivity contribution in [2.24, 2.45) is 0 Å². The van der Waals surface area contributed by atoms with Crippen molar-refractivity contribution in [3.8, 4) is 0 Å². The number of carbonyl (C=O) groups excluding carboxylic acids is 1. The largest absolute Gasteiger partial charge is 0.322 e. The molecule has 0 bridgehead atoms. The molecule has 0 spiro atoms. The van der Waals surface area contributed by atoms with Gasteiger partial charge in [-0.3, -0.25) is 4.79 Å². The Kier molecular flexibility index (Phi) is 4.57. The van der Waals surface area contributed by atoms with E-state index in [2.05, 4.69) is 43.8 Å². The molecule has 0 fully saturated rings. The third kappa shape index (κ3) is 3.33. The molecule has 0 aliphatic rings. The molecule has 0 aliphatic carbocycles. The van der Waals surface area contributed by atoms with Gasteiger partial charge in [-0.1, -0.05) is 6.07 Å². The summed E-state index contributed by atoms with van der Waals surface area (Å²) in [4.78, 5) is 12.1. The van der Waals surface area contributed by atoms with E-state index in [0.29, 0.717) is 10.2 Å². The zero-order valence-electron chi connectivity index (χ0n) is 10.0. The van der Waals surface area contributed by atoms with Crippen LogP contribution in [0.5, 0.6) is 0 Å². The van der Waals surface area contributed by atoms with Crippen LogP contribution in [0.3, 0.4) is 0 Å². The molecular formula is C14H10BrFINO. The van der Waals surface area contributed by atoms with Crippen LogP contribution >= 0.6 is 38.5 Å². The molecule has 1 amide bonds. The van der Waals surface area contributed by atoms with Crippen molar-refractivity contribution in [1.29, 1.82) is 0 Å². The number of hydrogen-bond acceptors (Lipinski definition) is 1. The molecular weight excluding hydrogens is 424 g/mol. The summed E-state index contributed by atoms with van der Waals surface area (Å²) in [6, 6.07) is 10.1. The molecule has 0 saturated carbocycles. The first-order valence-corrected chi connectivity index (χ1v) is 7.37. The van der Waals surface area contributed by atoms with Crippen molar-refractivity contribution in [2.45, 2.75) is 6.92 Å². The van der Waals surface area contributed by atoms with Gasteiger partial charge in [-0.25, -0.2) is 4.39 Å². The first kappa shape index (κ1) is 14.5. The Labute approximate surface area is 132 Å². The number of amides is 1. The lowest BCUT2D eigenvalue weighted by molar-refractivity contribution is 0.102. The first-order chi connectivity index (χ1) is 8.99. The third-order valence-electron chi connectivity index (χ3n) is 2.63. The van der Waals surface area contributed by atoms with Crippen molar-refractivity contribution >= 4 is 50.1 Å². The molecule has 0 heterocycles. The minimum Gasteiger partial charge on any atom is -0.322 e. The van der Waals surface area contributed by atoms with Crippen LogP contribution in [0.1, 0.15) is 15.9 Å². The van der Waals surface area contributed by atoms with Gasteiger partial charge in [0.1, 0.15) is 5.82 Å². The number of aryl methyl sites for hydroxylation is 1. The third-order valence-corrected chi connectivity index (χ3v) is 3.96. The normalized spacial score (nSPS) is 10.3. The Morgan fingerprint density at radius 3 is 2.68 bits per heavy atom. The van der Waals surface area contributed by atoms with E-state index in [1.165, 1.54) is 6.07 Å². The number of halogens is 3. The Hall–Kier alpha value is -0.950. The molecule has 0 radical (unpaired) electrons. The summed E-state index contributed by atoms with van der Waals surface area (Å²) in [5.74, 6) is -1.01. The van der Waals surface area contributed by atoms with Gasteiger partial charge in [0.25, 0.3) is 5.91 Å². The molecule has 1 N–H and O–H groups in total.